The lowest BCUT2D eigenvalue weighted by atomic mass is 10.2. The Morgan fingerprint density at radius 3 is 2.83 bits per heavy atom. The van der Waals surface area contributed by atoms with Crippen molar-refractivity contribution in [2.75, 3.05) is 24.1 Å². The number of hydrogen-bond acceptors (Lipinski definition) is 4. The highest BCUT2D eigenvalue weighted by atomic mass is 32.2. The van der Waals surface area contributed by atoms with Gasteiger partial charge < -0.3 is 5.32 Å². The summed E-state index contributed by atoms with van der Waals surface area (Å²) in [5, 5.41) is 3.61. The van der Waals surface area contributed by atoms with Crippen molar-refractivity contribution in [2.24, 2.45) is 0 Å². The van der Waals surface area contributed by atoms with Gasteiger partial charge in [0.25, 0.3) is 0 Å². The van der Waals surface area contributed by atoms with Crippen molar-refractivity contribution in [2.45, 2.75) is 0 Å². The summed E-state index contributed by atoms with van der Waals surface area (Å²) < 4.78 is 26.3. The molecule has 0 saturated carbocycles. The van der Waals surface area contributed by atoms with Crippen LogP contribution in [0.25, 0.3) is 10.9 Å². The first kappa shape index (κ1) is 12.8. The molecule has 0 spiro atoms. The third-order valence-electron chi connectivity index (χ3n) is 2.53. The lowest BCUT2D eigenvalue weighted by molar-refractivity contribution is 0.599. The first-order valence-electron chi connectivity index (χ1n) is 5.61. The van der Waals surface area contributed by atoms with Gasteiger partial charge in [0.05, 0.1) is 17.0 Å². The number of benzene rings is 1. The predicted octanol–water partition coefficient (Wildman–Crippen LogP) is 1.20. The van der Waals surface area contributed by atoms with Gasteiger partial charge in [-0.1, -0.05) is 6.07 Å². The molecule has 0 aliphatic carbocycles. The van der Waals surface area contributed by atoms with E-state index in [1.165, 1.54) is 0 Å². The minimum atomic E-state index is -3.33. The van der Waals surface area contributed by atoms with Crippen LogP contribution in [0.3, 0.4) is 0 Å². The Morgan fingerprint density at radius 1 is 1.22 bits per heavy atom. The molecule has 2 N–H and O–H groups in total. The molecule has 0 amide bonds. The van der Waals surface area contributed by atoms with E-state index in [9.17, 15) is 8.42 Å². The molecule has 2 rings (SSSR count). The molecule has 0 fully saturated rings. The lowest BCUT2D eigenvalue weighted by Crippen LogP contribution is -2.24. The Morgan fingerprint density at radius 2 is 2.06 bits per heavy atom. The predicted molar refractivity (Wildman–Crippen MR) is 73.1 cm³/mol. The quantitative estimate of drug-likeness (QED) is 0.852. The smallest absolute Gasteiger partial charge is 0.233 e. The second kappa shape index (κ2) is 5.32. The fourth-order valence-corrected chi connectivity index (χ4v) is 2.74. The molecule has 5 nitrogen and oxygen atoms in total. The lowest BCUT2D eigenvalue weighted by Gasteiger charge is -2.10. The van der Waals surface area contributed by atoms with E-state index in [4.69, 9.17) is 0 Å². The number of rotatable bonds is 5. The molecule has 18 heavy (non-hydrogen) atoms. The van der Waals surface area contributed by atoms with Crippen molar-refractivity contribution < 1.29 is 8.42 Å². The molecule has 0 aliphatic rings. The van der Waals surface area contributed by atoms with E-state index in [2.05, 4.69) is 15.0 Å². The van der Waals surface area contributed by atoms with E-state index in [1.807, 2.05) is 12.1 Å². The highest BCUT2D eigenvalue weighted by Crippen LogP contribution is 2.22. The summed E-state index contributed by atoms with van der Waals surface area (Å²) in [4.78, 5) is 4.19. The second-order valence-electron chi connectivity index (χ2n) is 3.90. The number of hydrogen-bond donors (Lipinski definition) is 2. The topological polar surface area (TPSA) is 71.1 Å². The molecule has 0 radical (unpaired) electrons. The number of nitrogens with one attached hydrogen (secondary N) is 2. The van der Waals surface area contributed by atoms with E-state index in [1.54, 1.807) is 31.4 Å². The van der Waals surface area contributed by atoms with Crippen LogP contribution >= 0.6 is 0 Å². The summed E-state index contributed by atoms with van der Waals surface area (Å²) in [6.07, 6.45) is 1.68. The van der Waals surface area contributed by atoms with Crippen LogP contribution in [-0.4, -0.2) is 32.7 Å². The summed E-state index contributed by atoms with van der Waals surface area (Å²) >= 11 is 0. The van der Waals surface area contributed by atoms with Crippen LogP contribution in [0.4, 0.5) is 5.69 Å². The molecule has 1 aromatic heterocycles. The second-order valence-corrected chi connectivity index (χ2v) is 5.74. The molecule has 96 valence electrons. The number of sulfonamides is 1. The zero-order valence-corrected chi connectivity index (χ0v) is 10.9. The summed E-state index contributed by atoms with van der Waals surface area (Å²) in [5.74, 6) is 0.0418. The van der Waals surface area contributed by atoms with Crippen molar-refractivity contribution >= 4 is 26.6 Å². The molecule has 1 heterocycles. The maximum atomic E-state index is 11.8. The molecular weight excluding hydrogens is 250 g/mol. The minimum absolute atomic E-state index is 0.0418. The molecule has 2 aromatic rings. The highest BCUT2D eigenvalue weighted by molar-refractivity contribution is 7.92. The van der Waals surface area contributed by atoms with Crippen molar-refractivity contribution in [3.63, 3.8) is 0 Å². The fraction of sp³-hybridized carbons (Fsp3) is 0.250. The molecule has 6 heteroatoms. The van der Waals surface area contributed by atoms with Crippen LogP contribution < -0.4 is 10.0 Å². The van der Waals surface area contributed by atoms with Gasteiger partial charge in [0.1, 0.15) is 0 Å². The van der Waals surface area contributed by atoms with Crippen molar-refractivity contribution in [1.82, 2.24) is 10.3 Å². The normalized spacial score (nSPS) is 11.6. The van der Waals surface area contributed by atoms with Gasteiger partial charge in [-0.05, 0) is 31.3 Å². The maximum absolute atomic E-state index is 11.8. The zero-order valence-electron chi connectivity index (χ0n) is 10.1. The van der Waals surface area contributed by atoms with E-state index in [0.717, 1.165) is 10.9 Å². The Bertz CT molecular complexity index is 635. The first-order valence-corrected chi connectivity index (χ1v) is 7.26. The van der Waals surface area contributed by atoms with Gasteiger partial charge in [-0.2, -0.15) is 0 Å². The Hall–Kier alpha value is -1.66. The van der Waals surface area contributed by atoms with Crippen LogP contribution in [0.15, 0.2) is 36.5 Å². The SMILES string of the molecule is CNCCS(=O)(=O)Nc1cccc2ncccc12. The molecule has 0 atom stereocenters. The number of pyridine rings is 1. The third kappa shape index (κ3) is 2.96. The fourth-order valence-electron chi connectivity index (χ4n) is 1.65. The van der Waals surface area contributed by atoms with E-state index in [0.29, 0.717) is 12.2 Å². The van der Waals surface area contributed by atoms with Gasteiger partial charge in [-0.3, -0.25) is 9.71 Å². The van der Waals surface area contributed by atoms with Crippen LogP contribution in [0.5, 0.6) is 0 Å². The average molecular weight is 265 g/mol. The van der Waals surface area contributed by atoms with Crippen LogP contribution in [0, 0.1) is 0 Å². The van der Waals surface area contributed by atoms with Gasteiger partial charge >= 0.3 is 0 Å². The van der Waals surface area contributed by atoms with Crippen LogP contribution in [0.1, 0.15) is 0 Å². The van der Waals surface area contributed by atoms with Gasteiger partial charge in [0.15, 0.2) is 0 Å². The Kier molecular flexibility index (Phi) is 3.78. The Balaban J connectivity index is 2.32. The monoisotopic (exact) mass is 265 g/mol. The van der Waals surface area contributed by atoms with Gasteiger partial charge in [0.2, 0.25) is 10.0 Å². The molecule has 0 bridgehead atoms. The van der Waals surface area contributed by atoms with Gasteiger partial charge in [-0.25, -0.2) is 8.42 Å². The highest BCUT2D eigenvalue weighted by Gasteiger charge is 2.11. The summed E-state index contributed by atoms with van der Waals surface area (Å²) in [6, 6.07) is 9.00. The average Bonchev–Trinajstić information content (AvgIpc) is 2.37. The van der Waals surface area contributed by atoms with E-state index < -0.39 is 10.0 Å². The standard InChI is InChI=1S/C12H15N3O2S/c1-13-8-9-18(16,17)15-12-6-2-5-11-10(12)4-3-7-14-11/h2-7,13,15H,8-9H2,1H3. The number of anilines is 1. The van der Waals surface area contributed by atoms with Crippen molar-refractivity contribution in [3.8, 4) is 0 Å². The summed E-state index contributed by atoms with van der Waals surface area (Å²) in [5.41, 5.74) is 1.34. The number of aromatic nitrogens is 1. The third-order valence-corrected chi connectivity index (χ3v) is 3.80. The van der Waals surface area contributed by atoms with Gasteiger partial charge in [-0.15, -0.1) is 0 Å². The minimum Gasteiger partial charge on any atom is -0.319 e. The van der Waals surface area contributed by atoms with Crippen molar-refractivity contribution in [3.05, 3.63) is 36.5 Å². The molecule has 0 aliphatic heterocycles. The van der Waals surface area contributed by atoms with E-state index in [-0.39, 0.29) is 5.75 Å². The zero-order chi connectivity index (χ0) is 13.0. The van der Waals surface area contributed by atoms with Crippen LogP contribution in [0.2, 0.25) is 0 Å². The number of nitrogens with zero attached hydrogens (tertiary/aromatic N) is 1. The van der Waals surface area contributed by atoms with Crippen LogP contribution in [-0.2, 0) is 10.0 Å². The first-order chi connectivity index (χ1) is 8.62. The molecule has 1 aromatic carbocycles. The Labute approximate surface area is 106 Å². The van der Waals surface area contributed by atoms with E-state index >= 15 is 0 Å². The molecular formula is C12H15N3O2S. The molecule has 0 saturated heterocycles. The molecule has 0 unspecified atom stereocenters. The maximum Gasteiger partial charge on any atom is 0.233 e. The summed E-state index contributed by atoms with van der Waals surface area (Å²) in [7, 11) is -1.61. The number of fused-ring (bicyclic) bond motifs is 1. The summed E-state index contributed by atoms with van der Waals surface area (Å²) in [6.45, 7) is 0.415. The van der Waals surface area contributed by atoms with Crippen molar-refractivity contribution in [1.29, 1.82) is 0 Å². The van der Waals surface area contributed by atoms with Gasteiger partial charge in [0, 0.05) is 18.1 Å². The largest absolute Gasteiger partial charge is 0.319 e.